The second kappa shape index (κ2) is 7.18. The molecule has 1 aliphatic carbocycles. The summed E-state index contributed by atoms with van der Waals surface area (Å²) in [5.74, 6) is 1.70. The third kappa shape index (κ3) is 3.38. The van der Waals surface area contributed by atoms with E-state index in [0.29, 0.717) is 12.5 Å². The van der Waals surface area contributed by atoms with Crippen LogP contribution in [-0.2, 0) is 10.3 Å². The van der Waals surface area contributed by atoms with Crippen LogP contribution in [0.3, 0.4) is 0 Å². The summed E-state index contributed by atoms with van der Waals surface area (Å²) in [6, 6.07) is 0. The number of nitrogens with one attached hydrogen (secondary N) is 1. The van der Waals surface area contributed by atoms with Crippen LogP contribution in [0.1, 0.15) is 70.5 Å². The standard InChI is InChI=1S/C15H27N3O2/c1-4-16-11-12(3)13-17-14(18-20-13)15(19-5-2)9-7-6-8-10-15/h12,16H,4-11H2,1-3H3. The molecular weight excluding hydrogens is 254 g/mol. The van der Waals surface area contributed by atoms with E-state index in [1.165, 1.54) is 19.3 Å². The number of rotatable bonds is 7. The van der Waals surface area contributed by atoms with E-state index in [9.17, 15) is 0 Å². The molecule has 1 aromatic rings. The average Bonchev–Trinajstić information content (AvgIpc) is 2.96. The van der Waals surface area contributed by atoms with E-state index >= 15 is 0 Å². The summed E-state index contributed by atoms with van der Waals surface area (Å²) in [5.41, 5.74) is -0.313. The quantitative estimate of drug-likeness (QED) is 0.832. The molecule has 0 spiro atoms. The molecular formula is C15H27N3O2. The van der Waals surface area contributed by atoms with Crippen LogP contribution in [0.25, 0.3) is 0 Å². The summed E-state index contributed by atoms with van der Waals surface area (Å²) in [5, 5.41) is 7.53. The predicted molar refractivity (Wildman–Crippen MR) is 77.6 cm³/mol. The van der Waals surface area contributed by atoms with Gasteiger partial charge >= 0.3 is 0 Å². The number of hydrogen-bond acceptors (Lipinski definition) is 5. The minimum Gasteiger partial charge on any atom is -0.367 e. The van der Waals surface area contributed by atoms with Crippen molar-refractivity contribution in [1.82, 2.24) is 15.5 Å². The van der Waals surface area contributed by atoms with E-state index in [2.05, 4.69) is 29.3 Å². The smallest absolute Gasteiger partial charge is 0.230 e. The Balaban J connectivity index is 2.12. The number of hydrogen-bond donors (Lipinski definition) is 1. The van der Waals surface area contributed by atoms with Crippen LogP contribution in [0, 0.1) is 0 Å². The van der Waals surface area contributed by atoms with E-state index < -0.39 is 0 Å². The van der Waals surface area contributed by atoms with Gasteiger partial charge in [-0.3, -0.25) is 0 Å². The largest absolute Gasteiger partial charge is 0.367 e. The summed E-state index contributed by atoms with van der Waals surface area (Å²) in [7, 11) is 0. The lowest BCUT2D eigenvalue weighted by Crippen LogP contribution is -2.33. The van der Waals surface area contributed by atoms with Gasteiger partial charge in [0.1, 0.15) is 5.60 Å². The topological polar surface area (TPSA) is 60.2 Å². The first-order valence-electron chi connectivity index (χ1n) is 7.90. The predicted octanol–water partition coefficient (Wildman–Crippen LogP) is 2.98. The number of likely N-dealkylation sites (N-methyl/N-ethyl adjacent to an activating group) is 1. The van der Waals surface area contributed by atoms with Gasteiger partial charge < -0.3 is 14.6 Å². The maximum absolute atomic E-state index is 6.03. The van der Waals surface area contributed by atoms with Crippen molar-refractivity contribution in [3.05, 3.63) is 11.7 Å². The molecule has 5 heteroatoms. The number of nitrogens with zero attached hydrogens (tertiary/aromatic N) is 2. The summed E-state index contributed by atoms with van der Waals surface area (Å²) in [4.78, 5) is 4.63. The van der Waals surface area contributed by atoms with Crippen molar-refractivity contribution in [2.45, 2.75) is 64.4 Å². The Bertz CT molecular complexity index is 394. The molecule has 1 heterocycles. The molecule has 1 saturated carbocycles. The van der Waals surface area contributed by atoms with Gasteiger partial charge in [0.05, 0.1) is 0 Å². The molecule has 5 nitrogen and oxygen atoms in total. The summed E-state index contributed by atoms with van der Waals surface area (Å²) in [6.07, 6.45) is 5.63. The van der Waals surface area contributed by atoms with Crippen molar-refractivity contribution >= 4 is 0 Å². The van der Waals surface area contributed by atoms with Gasteiger partial charge in [-0.25, -0.2) is 0 Å². The molecule has 1 N–H and O–H groups in total. The lowest BCUT2D eigenvalue weighted by molar-refractivity contribution is -0.0777. The molecule has 0 bridgehead atoms. The SMILES string of the molecule is CCNCC(C)c1nc(C2(OCC)CCCCC2)no1. The molecule has 20 heavy (non-hydrogen) atoms. The fraction of sp³-hybridized carbons (Fsp3) is 0.867. The number of ether oxygens (including phenoxy) is 1. The van der Waals surface area contributed by atoms with Crippen molar-refractivity contribution in [3.63, 3.8) is 0 Å². The molecule has 1 aliphatic rings. The molecule has 1 unspecified atom stereocenters. The van der Waals surface area contributed by atoms with Crippen molar-refractivity contribution in [2.75, 3.05) is 19.7 Å². The highest BCUT2D eigenvalue weighted by Crippen LogP contribution is 2.39. The molecule has 1 aromatic heterocycles. The molecule has 0 saturated heterocycles. The van der Waals surface area contributed by atoms with Crippen molar-refractivity contribution in [2.24, 2.45) is 0 Å². The van der Waals surface area contributed by atoms with Crippen molar-refractivity contribution in [1.29, 1.82) is 0 Å². The Morgan fingerprint density at radius 3 is 2.70 bits per heavy atom. The van der Waals surface area contributed by atoms with E-state index in [4.69, 9.17) is 9.26 Å². The van der Waals surface area contributed by atoms with Gasteiger partial charge in [0.25, 0.3) is 0 Å². The zero-order chi connectivity index (χ0) is 14.4. The lowest BCUT2D eigenvalue weighted by atomic mass is 9.84. The van der Waals surface area contributed by atoms with Crippen LogP contribution in [0.4, 0.5) is 0 Å². The molecule has 0 aliphatic heterocycles. The van der Waals surface area contributed by atoms with Crippen LogP contribution in [-0.4, -0.2) is 29.8 Å². The Hall–Kier alpha value is -0.940. The van der Waals surface area contributed by atoms with Crippen molar-refractivity contribution in [3.8, 4) is 0 Å². The fourth-order valence-electron chi connectivity index (χ4n) is 2.90. The van der Waals surface area contributed by atoms with Gasteiger partial charge in [-0.2, -0.15) is 4.98 Å². The van der Waals surface area contributed by atoms with E-state index in [1.807, 2.05) is 6.92 Å². The Kier molecular flexibility index (Phi) is 5.54. The molecule has 1 fully saturated rings. The van der Waals surface area contributed by atoms with Crippen LogP contribution in [0.2, 0.25) is 0 Å². The Morgan fingerprint density at radius 2 is 2.05 bits per heavy atom. The van der Waals surface area contributed by atoms with E-state index in [1.54, 1.807) is 0 Å². The normalized spacial score (nSPS) is 19.9. The Labute approximate surface area is 121 Å². The molecule has 0 amide bonds. The second-order valence-corrected chi connectivity index (χ2v) is 5.65. The van der Waals surface area contributed by atoms with Crippen LogP contribution >= 0.6 is 0 Å². The van der Waals surface area contributed by atoms with Gasteiger partial charge in [0, 0.05) is 19.1 Å². The van der Waals surface area contributed by atoms with E-state index in [0.717, 1.165) is 31.8 Å². The minimum atomic E-state index is -0.313. The highest BCUT2D eigenvalue weighted by atomic mass is 16.5. The van der Waals surface area contributed by atoms with Gasteiger partial charge in [0.15, 0.2) is 0 Å². The lowest BCUT2D eigenvalue weighted by Gasteiger charge is -2.33. The minimum absolute atomic E-state index is 0.235. The van der Waals surface area contributed by atoms with E-state index in [-0.39, 0.29) is 11.5 Å². The monoisotopic (exact) mass is 281 g/mol. The summed E-state index contributed by atoms with van der Waals surface area (Å²) >= 11 is 0. The van der Waals surface area contributed by atoms with Crippen LogP contribution in [0.15, 0.2) is 4.52 Å². The summed E-state index contributed by atoms with van der Waals surface area (Å²) in [6.45, 7) is 8.74. The highest BCUT2D eigenvalue weighted by Gasteiger charge is 2.39. The second-order valence-electron chi connectivity index (χ2n) is 5.65. The van der Waals surface area contributed by atoms with Gasteiger partial charge in [-0.05, 0) is 26.3 Å². The molecule has 0 aromatic carbocycles. The molecule has 2 rings (SSSR count). The molecule has 1 atom stereocenters. The van der Waals surface area contributed by atoms with Crippen LogP contribution in [0.5, 0.6) is 0 Å². The molecule has 114 valence electrons. The summed E-state index contributed by atoms with van der Waals surface area (Å²) < 4.78 is 11.5. The third-order valence-corrected chi connectivity index (χ3v) is 4.05. The van der Waals surface area contributed by atoms with Crippen LogP contribution < -0.4 is 5.32 Å². The highest BCUT2D eigenvalue weighted by molar-refractivity contribution is 5.05. The third-order valence-electron chi connectivity index (χ3n) is 4.05. The Morgan fingerprint density at radius 1 is 1.30 bits per heavy atom. The van der Waals surface area contributed by atoms with Crippen molar-refractivity contribution < 1.29 is 9.26 Å². The fourth-order valence-corrected chi connectivity index (χ4v) is 2.90. The average molecular weight is 281 g/mol. The zero-order valence-electron chi connectivity index (χ0n) is 12.9. The zero-order valence-corrected chi connectivity index (χ0v) is 12.9. The maximum Gasteiger partial charge on any atom is 0.230 e. The number of aromatic nitrogens is 2. The van der Waals surface area contributed by atoms with Gasteiger partial charge in [-0.1, -0.05) is 38.3 Å². The first-order valence-corrected chi connectivity index (χ1v) is 7.90. The van der Waals surface area contributed by atoms with Gasteiger partial charge in [-0.15, -0.1) is 0 Å². The van der Waals surface area contributed by atoms with Gasteiger partial charge in [0.2, 0.25) is 11.7 Å². The first-order chi connectivity index (χ1) is 9.72. The maximum atomic E-state index is 6.03. The first kappa shape index (κ1) is 15.4. The molecule has 0 radical (unpaired) electrons.